The minimum Gasteiger partial charge on any atom is -0.347 e. The third-order valence-corrected chi connectivity index (χ3v) is 3.00. The van der Waals surface area contributed by atoms with Crippen LogP contribution in [0.15, 0.2) is 54.2 Å². The van der Waals surface area contributed by atoms with E-state index >= 15 is 0 Å². The number of nitrogens with one attached hydrogen (secondary N) is 1. The number of fused-ring (bicyclic) bond motifs is 2. The number of hydrogen-bond acceptors (Lipinski definition) is 3. The molecule has 3 nitrogen and oxygen atoms in total. The Labute approximate surface area is 99.7 Å². The lowest BCUT2D eigenvalue weighted by Gasteiger charge is -2.06. The standard InChI is InChI=1S/C14H13N3/c1-2-16-14-12-8-10-6-4-3-5-9(10)7-11(12)13(15)17-14/h2-8,13H,1,15H2,(H,16,17). The summed E-state index contributed by atoms with van der Waals surface area (Å²) < 4.78 is 0. The Morgan fingerprint density at radius 2 is 1.94 bits per heavy atom. The van der Waals surface area contributed by atoms with Gasteiger partial charge in [0.05, 0.1) is 0 Å². The van der Waals surface area contributed by atoms with E-state index in [1.807, 2.05) is 12.1 Å². The average molecular weight is 223 g/mol. The predicted octanol–water partition coefficient (Wildman–Crippen LogP) is 2.29. The van der Waals surface area contributed by atoms with Crippen molar-refractivity contribution in [3.8, 4) is 0 Å². The molecular formula is C14H13N3. The second-order valence-electron chi connectivity index (χ2n) is 4.06. The topological polar surface area (TPSA) is 50.4 Å². The van der Waals surface area contributed by atoms with Gasteiger partial charge in [-0.25, -0.2) is 4.99 Å². The molecule has 0 fully saturated rings. The Morgan fingerprint density at radius 1 is 1.24 bits per heavy atom. The zero-order valence-corrected chi connectivity index (χ0v) is 9.35. The van der Waals surface area contributed by atoms with Crippen LogP contribution in [0.5, 0.6) is 0 Å². The lowest BCUT2D eigenvalue weighted by molar-refractivity contribution is 0.794. The molecule has 0 amide bonds. The minimum absolute atomic E-state index is 0.281. The first kappa shape index (κ1) is 10.1. The van der Waals surface area contributed by atoms with Crippen molar-refractivity contribution in [3.05, 3.63) is 60.3 Å². The molecule has 3 heteroatoms. The summed E-state index contributed by atoms with van der Waals surface area (Å²) in [5, 5.41) is 5.41. The molecule has 0 radical (unpaired) electrons. The van der Waals surface area contributed by atoms with Crippen molar-refractivity contribution in [2.24, 2.45) is 10.7 Å². The fraction of sp³-hybridized carbons (Fsp3) is 0.0714. The molecule has 0 spiro atoms. The van der Waals surface area contributed by atoms with Gasteiger partial charge in [-0.3, -0.25) is 0 Å². The van der Waals surface area contributed by atoms with Crippen LogP contribution in [0, 0.1) is 0 Å². The van der Waals surface area contributed by atoms with Crippen LogP contribution in [-0.2, 0) is 0 Å². The van der Waals surface area contributed by atoms with E-state index in [1.165, 1.54) is 10.8 Å². The quantitative estimate of drug-likeness (QED) is 0.779. The molecule has 0 bridgehead atoms. The van der Waals surface area contributed by atoms with E-state index in [4.69, 9.17) is 5.73 Å². The van der Waals surface area contributed by atoms with E-state index in [2.05, 4.69) is 41.2 Å². The number of amidine groups is 1. The number of aliphatic imine (C=N–C) groups is 1. The highest BCUT2D eigenvalue weighted by atomic mass is 15.1. The van der Waals surface area contributed by atoms with Gasteiger partial charge < -0.3 is 11.1 Å². The van der Waals surface area contributed by atoms with Gasteiger partial charge in [0.1, 0.15) is 12.0 Å². The first-order valence-electron chi connectivity index (χ1n) is 5.53. The van der Waals surface area contributed by atoms with Gasteiger partial charge in [0.25, 0.3) is 0 Å². The van der Waals surface area contributed by atoms with Crippen molar-refractivity contribution in [2.45, 2.75) is 6.17 Å². The smallest absolute Gasteiger partial charge is 0.134 e. The zero-order chi connectivity index (χ0) is 11.8. The summed E-state index contributed by atoms with van der Waals surface area (Å²) in [5.41, 5.74) is 8.13. The number of nitrogens with zero attached hydrogens (tertiary/aromatic N) is 1. The van der Waals surface area contributed by atoms with Crippen molar-refractivity contribution in [3.63, 3.8) is 0 Å². The van der Waals surface area contributed by atoms with Crippen LogP contribution in [0.25, 0.3) is 10.8 Å². The third-order valence-electron chi connectivity index (χ3n) is 3.00. The summed E-state index contributed by atoms with van der Waals surface area (Å²) in [6.07, 6.45) is 1.34. The molecule has 1 unspecified atom stereocenters. The highest BCUT2D eigenvalue weighted by Gasteiger charge is 2.22. The first-order valence-corrected chi connectivity index (χ1v) is 5.53. The summed E-state index contributed by atoms with van der Waals surface area (Å²) in [6.45, 7) is 3.65. The van der Waals surface area contributed by atoms with Gasteiger partial charge in [-0.2, -0.15) is 0 Å². The molecular weight excluding hydrogens is 210 g/mol. The lowest BCUT2D eigenvalue weighted by atomic mass is 10.0. The van der Waals surface area contributed by atoms with E-state index in [1.54, 1.807) is 6.20 Å². The molecule has 1 atom stereocenters. The Hall–Kier alpha value is -2.13. The summed E-state index contributed by atoms with van der Waals surface area (Å²) in [4.78, 5) is 4.38. The second-order valence-corrected chi connectivity index (χ2v) is 4.06. The van der Waals surface area contributed by atoms with Crippen LogP contribution in [-0.4, -0.2) is 5.84 Å². The molecule has 0 saturated heterocycles. The molecule has 84 valence electrons. The van der Waals surface area contributed by atoms with Gasteiger partial charge in [-0.05, 0) is 29.1 Å². The van der Waals surface area contributed by atoms with Crippen LogP contribution in [0.2, 0.25) is 0 Å². The highest BCUT2D eigenvalue weighted by molar-refractivity contribution is 6.06. The van der Waals surface area contributed by atoms with Crippen molar-refractivity contribution in [1.29, 1.82) is 0 Å². The Kier molecular flexibility index (Phi) is 2.20. The van der Waals surface area contributed by atoms with Gasteiger partial charge >= 0.3 is 0 Å². The maximum Gasteiger partial charge on any atom is 0.134 e. The van der Waals surface area contributed by atoms with Crippen molar-refractivity contribution in [2.75, 3.05) is 0 Å². The molecule has 3 rings (SSSR count). The third kappa shape index (κ3) is 1.52. The van der Waals surface area contributed by atoms with Crippen molar-refractivity contribution < 1.29 is 0 Å². The predicted molar refractivity (Wildman–Crippen MR) is 70.7 cm³/mol. The summed E-state index contributed by atoms with van der Waals surface area (Å²) >= 11 is 0. The fourth-order valence-electron chi connectivity index (χ4n) is 2.20. The van der Waals surface area contributed by atoms with E-state index in [-0.39, 0.29) is 6.17 Å². The van der Waals surface area contributed by atoms with Crippen LogP contribution in [0.1, 0.15) is 17.3 Å². The van der Waals surface area contributed by atoms with E-state index in [0.717, 1.165) is 17.0 Å². The first-order chi connectivity index (χ1) is 8.29. The fourth-order valence-corrected chi connectivity index (χ4v) is 2.20. The normalized spacial score (nSPS) is 17.7. The molecule has 1 aliphatic heterocycles. The van der Waals surface area contributed by atoms with Gasteiger partial charge in [0.2, 0.25) is 0 Å². The van der Waals surface area contributed by atoms with Gasteiger partial charge in [-0.15, -0.1) is 0 Å². The largest absolute Gasteiger partial charge is 0.347 e. The molecule has 2 aromatic carbocycles. The average Bonchev–Trinajstić information content (AvgIpc) is 2.64. The Balaban J connectivity index is 2.23. The van der Waals surface area contributed by atoms with Crippen LogP contribution in [0.3, 0.4) is 0 Å². The van der Waals surface area contributed by atoms with Crippen LogP contribution >= 0.6 is 0 Å². The number of benzene rings is 2. The SMILES string of the molecule is C=CNC1=NC(N)c2cc3ccccc3cc21. The number of hydrogen-bond donors (Lipinski definition) is 2. The van der Waals surface area contributed by atoms with E-state index in [9.17, 15) is 0 Å². The number of nitrogens with two attached hydrogens (primary N) is 1. The molecule has 1 aliphatic rings. The molecule has 0 aromatic heterocycles. The van der Waals surface area contributed by atoms with Crippen molar-refractivity contribution >= 4 is 16.6 Å². The number of rotatable bonds is 1. The van der Waals surface area contributed by atoms with Gasteiger partial charge in [0, 0.05) is 11.1 Å². The van der Waals surface area contributed by atoms with E-state index in [0.29, 0.717) is 0 Å². The maximum absolute atomic E-state index is 6.00. The summed E-state index contributed by atoms with van der Waals surface area (Å²) in [6, 6.07) is 12.5. The minimum atomic E-state index is -0.281. The molecule has 1 heterocycles. The second kappa shape index (κ2) is 3.71. The molecule has 0 saturated carbocycles. The maximum atomic E-state index is 6.00. The van der Waals surface area contributed by atoms with Gasteiger partial charge in [-0.1, -0.05) is 30.8 Å². The molecule has 17 heavy (non-hydrogen) atoms. The summed E-state index contributed by atoms with van der Waals surface area (Å²) in [7, 11) is 0. The van der Waals surface area contributed by atoms with Crippen molar-refractivity contribution in [1.82, 2.24) is 5.32 Å². The zero-order valence-electron chi connectivity index (χ0n) is 9.35. The van der Waals surface area contributed by atoms with Gasteiger partial charge in [0.15, 0.2) is 0 Å². The van der Waals surface area contributed by atoms with Crippen LogP contribution < -0.4 is 11.1 Å². The lowest BCUT2D eigenvalue weighted by Crippen LogP contribution is -2.16. The molecule has 2 aromatic rings. The Morgan fingerprint density at radius 3 is 2.65 bits per heavy atom. The molecule has 0 aliphatic carbocycles. The highest BCUT2D eigenvalue weighted by Crippen LogP contribution is 2.29. The van der Waals surface area contributed by atoms with E-state index < -0.39 is 0 Å². The van der Waals surface area contributed by atoms with Crippen LogP contribution in [0.4, 0.5) is 0 Å². The Bertz CT molecular complexity index is 628. The summed E-state index contributed by atoms with van der Waals surface area (Å²) in [5.74, 6) is 0.799. The molecule has 3 N–H and O–H groups in total. The monoisotopic (exact) mass is 223 g/mol.